The van der Waals surface area contributed by atoms with Gasteiger partial charge in [0.1, 0.15) is 12.4 Å². The maximum absolute atomic E-state index is 11.0. The molecule has 0 atom stereocenters. The van der Waals surface area contributed by atoms with Crippen LogP contribution in [0.5, 0.6) is 5.75 Å². The third-order valence-electron chi connectivity index (χ3n) is 2.56. The second kappa shape index (κ2) is 5.84. The number of halogens is 1. The molecular weight excluding hydrogens is 310 g/mol. The Kier molecular flexibility index (Phi) is 4.16. The van der Waals surface area contributed by atoms with E-state index in [1.165, 1.54) is 6.20 Å². The van der Waals surface area contributed by atoms with Gasteiger partial charge in [0.2, 0.25) is 0 Å². The average Bonchev–Trinajstić information content (AvgIpc) is 2.38. The number of aryl methyl sites for hydroxylation is 1. The van der Waals surface area contributed by atoms with Crippen molar-refractivity contribution < 1.29 is 14.6 Å². The minimum Gasteiger partial charge on any atom is -0.488 e. The third kappa shape index (κ3) is 3.32. The third-order valence-corrected chi connectivity index (χ3v) is 3.18. The number of carbonyl (C=O) groups is 1. The van der Waals surface area contributed by atoms with Crippen LogP contribution in [0.25, 0.3) is 0 Å². The molecule has 1 aromatic heterocycles. The molecule has 0 unspecified atom stereocenters. The number of benzene rings is 1. The predicted octanol–water partition coefficient (Wildman–Crippen LogP) is 3.43. The molecule has 0 saturated carbocycles. The van der Waals surface area contributed by atoms with Crippen molar-refractivity contribution in [2.75, 3.05) is 0 Å². The molecule has 0 saturated heterocycles. The van der Waals surface area contributed by atoms with Gasteiger partial charge in [0.25, 0.3) is 0 Å². The molecule has 0 bridgehead atoms. The number of nitrogens with zero attached hydrogens (tertiary/aromatic N) is 1. The Bertz CT molecular complexity index is 613. The topological polar surface area (TPSA) is 59.4 Å². The van der Waals surface area contributed by atoms with Crippen molar-refractivity contribution >= 4 is 21.9 Å². The molecule has 2 aromatic rings. The van der Waals surface area contributed by atoms with Gasteiger partial charge in [-0.3, -0.25) is 0 Å². The normalized spacial score (nSPS) is 10.2. The summed E-state index contributed by atoms with van der Waals surface area (Å²) in [5.41, 5.74) is 1.68. The smallest absolute Gasteiger partial charge is 0.354 e. The Morgan fingerprint density at radius 1 is 1.42 bits per heavy atom. The van der Waals surface area contributed by atoms with Gasteiger partial charge >= 0.3 is 5.97 Å². The Labute approximate surface area is 119 Å². The standard InChI is InChI=1S/C14H12BrNO3/c1-9-4-5-12(11(15)7-9)19-8-10-3-2-6-16-13(10)14(17)18/h2-7H,8H2,1H3,(H,17,18). The number of hydrogen-bond donors (Lipinski definition) is 1. The lowest BCUT2D eigenvalue weighted by Gasteiger charge is -2.10. The fourth-order valence-electron chi connectivity index (χ4n) is 1.63. The Morgan fingerprint density at radius 3 is 2.89 bits per heavy atom. The monoisotopic (exact) mass is 321 g/mol. The first-order chi connectivity index (χ1) is 9.08. The van der Waals surface area contributed by atoms with E-state index in [1.807, 2.05) is 25.1 Å². The van der Waals surface area contributed by atoms with Crippen molar-refractivity contribution in [3.05, 3.63) is 57.8 Å². The van der Waals surface area contributed by atoms with Crippen molar-refractivity contribution in [3.63, 3.8) is 0 Å². The average molecular weight is 322 g/mol. The SMILES string of the molecule is Cc1ccc(OCc2cccnc2C(=O)O)c(Br)c1. The zero-order chi connectivity index (χ0) is 13.8. The van der Waals surface area contributed by atoms with Gasteiger partial charge in [-0.15, -0.1) is 0 Å². The first-order valence-electron chi connectivity index (χ1n) is 5.64. The molecule has 0 spiro atoms. The molecule has 4 nitrogen and oxygen atoms in total. The number of carboxylic acid groups (broad SMARTS) is 1. The molecule has 1 aromatic carbocycles. The van der Waals surface area contributed by atoms with E-state index in [2.05, 4.69) is 20.9 Å². The van der Waals surface area contributed by atoms with Crippen molar-refractivity contribution in [1.82, 2.24) is 4.98 Å². The fourth-order valence-corrected chi connectivity index (χ4v) is 2.23. The first kappa shape index (κ1) is 13.5. The Balaban J connectivity index is 2.17. The molecule has 5 heteroatoms. The van der Waals surface area contributed by atoms with Crippen LogP contribution in [0.2, 0.25) is 0 Å². The number of aromatic nitrogens is 1. The quantitative estimate of drug-likeness (QED) is 0.937. The van der Waals surface area contributed by atoms with Crippen molar-refractivity contribution in [2.24, 2.45) is 0 Å². The summed E-state index contributed by atoms with van der Waals surface area (Å²) in [7, 11) is 0. The van der Waals surface area contributed by atoms with Crippen LogP contribution in [-0.4, -0.2) is 16.1 Å². The molecular formula is C14H12BrNO3. The van der Waals surface area contributed by atoms with Crippen LogP contribution >= 0.6 is 15.9 Å². The van der Waals surface area contributed by atoms with E-state index in [0.29, 0.717) is 11.3 Å². The molecule has 19 heavy (non-hydrogen) atoms. The van der Waals surface area contributed by atoms with Gasteiger partial charge in [0.05, 0.1) is 4.47 Å². The lowest BCUT2D eigenvalue weighted by molar-refractivity contribution is 0.0687. The zero-order valence-corrected chi connectivity index (χ0v) is 11.8. The summed E-state index contributed by atoms with van der Waals surface area (Å²) in [5.74, 6) is -0.382. The minimum atomic E-state index is -1.05. The number of pyridine rings is 1. The Morgan fingerprint density at radius 2 is 2.21 bits per heavy atom. The highest BCUT2D eigenvalue weighted by molar-refractivity contribution is 9.10. The van der Waals surface area contributed by atoms with Crippen LogP contribution in [0.15, 0.2) is 41.0 Å². The summed E-state index contributed by atoms with van der Waals surface area (Å²) in [4.78, 5) is 14.9. The Hall–Kier alpha value is -1.88. The largest absolute Gasteiger partial charge is 0.488 e. The van der Waals surface area contributed by atoms with Gasteiger partial charge in [-0.25, -0.2) is 9.78 Å². The predicted molar refractivity (Wildman–Crippen MR) is 74.4 cm³/mol. The lowest BCUT2D eigenvalue weighted by Crippen LogP contribution is -2.08. The molecule has 98 valence electrons. The highest BCUT2D eigenvalue weighted by atomic mass is 79.9. The number of ether oxygens (including phenoxy) is 1. The van der Waals surface area contributed by atoms with E-state index in [0.717, 1.165) is 10.0 Å². The van der Waals surface area contributed by atoms with E-state index >= 15 is 0 Å². The maximum atomic E-state index is 11.0. The van der Waals surface area contributed by atoms with Gasteiger partial charge < -0.3 is 9.84 Å². The molecule has 0 amide bonds. The van der Waals surface area contributed by atoms with Gasteiger partial charge in [0, 0.05) is 11.8 Å². The molecule has 1 N–H and O–H groups in total. The van der Waals surface area contributed by atoms with Crippen LogP contribution < -0.4 is 4.74 Å². The summed E-state index contributed by atoms with van der Waals surface area (Å²) in [6.07, 6.45) is 1.45. The van der Waals surface area contributed by atoms with E-state index < -0.39 is 5.97 Å². The summed E-state index contributed by atoms with van der Waals surface area (Å²) in [6.45, 7) is 2.15. The van der Waals surface area contributed by atoms with Crippen LogP contribution in [0.3, 0.4) is 0 Å². The minimum absolute atomic E-state index is 0.0192. The van der Waals surface area contributed by atoms with Crippen LogP contribution in [0.1, 0.15) is 21.6 Å². The molecule has 0 aliphatic heterocycles. The van der Waals surface area contributed by atoms with E-state index in [4.69, 9.17) is 9.84 Å². The van der Waals surface area contributed by atoms with Crippen LogP contribution in [0.4, 0.5) is 0 Å². The molecule has 0 radical (unpaired) electrons. The zero-order valence-electron chi connectivity index (χ0n) is 10.3. The molecule has 1 heterocycles. The molecule has 0 aliphatic carbocycles. The number of carboxylic acids is 1. The number of aromatic carboxylic acids is 1. The lowest BCUT2D eigenvalue weighted by atomic mass is 10.2. The van der Waals surface area contributed by atoms with Gasteiger partial charge in [-0.05, 0) is 46.6 Å². The highest BCUT2D eigenvalue weighted by Crippen LogP contribution is 2.26. The van der Waals surface area contributed by atoms with E-state index in [-0.39, 0.29) is 12.3 Å². The van der Waals surface area contributed by atoms with E-state index in [9.17, 15) is 4.79 Å². The number of hydrogen-bond acceptors (Lipinski definition) is 3. The van der Waals surface area contributed by atoms with E-state index in [1.54, 1.807) is 12.1 Å². The molecule has 0 fully saturated rings. The molecule has 2 rings (SSSR count). The van der Waals surface area contributed by atoms with Crippen molar-refractivity contribution in [3.8, 4) is 5.75 Å². The second-order valence-corrected chi connectivity index (χ2v) is 4.89. The second-order valence-electron chi connectivity index (χ2n) is 4.04. The molecule has 0 aliphatic rings. The summed E-state index contributed by atoms with van der Waals surface area (Å²) < 4.78 is 6.46. The van der Waals surface area contributed by atoms with Gasteiger partial charge in [0.15, 0.2) is 5.69 Å². The summed E-state index contributed by atoms with van der Waals surface area (Å²) in [5, 5.41) is 9.03. The van der Waals surface area contributed by atoms with Crippen molar-refractivity contribution in [1.29, 1.82) is 0 Å². The summed E-state index contributed by atoms with van der Waals surface area (Å²) in [6, 6.07) is 9.10. The highest BCUT2D eigenvalue weighted by Gasteiger charge is 2.11. The fraction of sp³-hybridized carbons (Fsp3) is 0.143. The van der Waals surface area contributed by atoms with Crippen LogP contribution in [0, 0.1) is 6.92 Å². The number of rotatable bonds is 4. The van der Waals surface area contributed by atoms with Gasteiger partial charge in [-0.2, -0.15) is 0 Å². The van der Waals surface area contributed by atoms with Crippen molar-refractivity contribution in [2.45, 2.75) is 13.5 Å². The van der Waals surface area contributed by atoms with Gasteiger partial charge in [-0.1, -0.05) is 12.1 Å². The first-order valence-corrected chi connectivity index (χ1v) is 6.43. The maximum Gasteiger partial charge on any atom is 0.354 e. The summed E-state index contributed by atoms with van der Waals surface area (Å²) >= 11 is 3.41. The van der Waals surface area contributed by atoms with Crippen LogP contribution in [-0.2, 0) is 6.61 Å².